The third-order valence-electron chi connectivity index (χ3n) is 4.55. The van der Waals surface area contributed by atoms with E-state index in [4.69, 9.17) is 27.9 Å². The molecule has 1 aliphatic heterocycles. The van der Waals surface area contributed by atoms with Gasteiger partial charge in [0, 0.05) is 11.6 Å². The first kappa shape index (κ1) is 18.9. The molecular formula is C20H16Cl2FN3O2. The molecule has 0 fully saturated rings. The number of hydrogen-bond donors (Lipinski definition) is 1. The number of rotatable bonds is 4. The van der Waals surface area contributed by atoms with Gasteiger partial charge in [-0.15, -0.1) is 0 Å². The summed E-state index contributed by atoms with van der Waals surface area (Å²) in [5.74, 6) is -0.806. The second-order valence-electron chi connectivity index (χ2n) is 6.49. The molecule has 144 valence electrons. The SMILES string of the molecule is O=C(NCc1ccc(F)c(Cl)c1)c1cc2n(n1)CC(c1ccc(Cl)cc1)OC2. The molecule has 1 atom stereocenters. The van der Waals surface area contributed by atoms with Crippen LogP contribution >= 0.6 is 23.2 Å². The maximum Gasteiger partial charge on any atom is 0.272 e. The van der Waals surface area contributed by atoms with Crippen LogP contribution in [0.25, 0.3) is 0 Å². The fourth-order valence-corrected chi connectivity index (χ4v) is 3.37. The van der Waals surface area contributed by atoms with Crippen LogP contribution in [0.2, 0.25) is 10.0 Å². The van der Waals surface area contributed by atoms with Crippen molar-refractivity contribution in [3.63, 3.8) is 0 Å². The molecule has 1 aliphatic rings. The average molecular weight is 420 g/mol. The monoisotopic (exact) mass is 419 g/mol. The van der Waals surface area contributed by atoms with Crippen molar-refractivity contribution < 1.29 is 13.9 Å². The Labute approximate surface area is 171 Å². The third-order valence-corrected chi connectivity index (χ3v) is 5.09. The minimum Gasteiger partial charge on any atom is -0.365 e. The zero-order valence-corrected chi connectivity index (χ0v) is 16.2. The van der Waals surface area contributed by atoms with Crippen LogP contribution < -0.4 is 5.32 Å². The lowest BCUT2D eigenvalue weighted by molar-refractivity contribution is -0.00119. The molecule has 1 N–H and O–H groups in total. The van der Waals surface area contributed by atoms with Gasteiger partial charge in [-0.25, -0.2) is 4.39 Å². The Morgan fingerprint density at radius 1 is 1.21 bits per heavy atom. The molecule has 3 aromatic rings. The lowest BCUT2D eigenvalue weighted by atomic mass is 10.1. The number of aromatic nitrogens is 2. The molecule has 2 heterocycles. The summed E-state index contributed by atoms with van der Waals surface area (Å²) < 4.78 is 20.9. The van der Waals surface area contributed by atoms with Gasteiger partial charge >= 0.3 is 0 Å². The molecule has 4 rings (SSSR count). The summed E-state index contributed by atoms with van der Waals surface area (Å²) in [6.07, 6.45) is -0.151. The molecule has 8 heteroatoms. The van der Waals surface area contributed by atoms with Gasteiger partial charge in [0.15, 0.2) is 5.69 Å². The highest BCUT2D eigenvalue weighted by molar-refractivity contribution is 6.31. The van der Waals surface area contributed by atoms with Crippen LogP contribution in [0, 0.1) is 5.82 Å². The van der Waals surface area contributed by atoms with Crippen LogP contribution in [-0.4, -0.2) is 15.7 Å². The van der Waals surface area contributed by atoms with E-state index in [1.54, 1.807) is 16.8 Å². The quantitative estimate of drug-likeness (QED) is 0.675. The normalized spacial score (nSPS) is 15.9. The van der Waals surface area contributed by atoms with Gasteiger partial charge in [0.05, 0.1) is 23.9 Å². The topological polar surface area (TPSA) is 56.2 Å². The summed E-state index contributed by atoms with van der Waals surface area (Å²) in [4.78, 5) is 12.4. The number of halogens is 3. The maximum atomic E-state index is 13.2. The standard InChI is InChI=1S/C20H16Cl2FN3O2/c21-14-4-2-13(3-5-14)19-10-26-15(11-28-19)8-18(25-26)20(27)24-9-12-1-6-17(23)16(22)7-12/h1-8,19H,9-11H2,(H,24,27). The van der Waals surface area contributed by atoms with Crippen LogP contribution in [0.1, 0.15) is 33.4 Å². The van der Waals surface area contributed by atoms with E-state index in [-0.39, 0.29) is 23.6 Å². The number of amides is 1. The fraction of sp³-hybridized carbons (Fsp3) is 0.200. The van der Waals surface area contributed by atoms with Gasteiger partial charge in [-0.3, -0.25) is 9.48 Å². The maximum absolute atomic E-state index is 13.2. The Bertz CT molecular complexity index is 1020. The molecule has 0 saturated heterocycles. The van der Waals surface area contributed by atoms with Gasteiger partial charge < -0.3 is 10.1 Å². The van der Waals surface area contributed by atoms with Crippen molar-refractivity contribution in [1.29, 1.82) is 0 Å². The number of fused-ring (bicyclic) bond motifs is 1. The minimum atomic E-state index is -0.492. The minimum absolute atomic E-state index is 0.0228. The van der Waals surface area contributed by atoms with Crippen molar-refractivity contribution in [2.75, 3.05) is 0 Å². The number of ether oxygens (including phenoxy) is 1. The molecule has 0 radical (unpaired) electrons. The van der Waals surface area contributed by atoms with E-state index in [9.17, 15) is 9.18 Å². The van der Waals surface area contributed by atoms with Gasteiger partial charge in [0.2, 0.25) is 0 Å². The molecule has 0 aliphatic carbocycles. The average Bonchev–Trinajstić information content (AvgIpc) is 3.12. The lowest BCUT2D eigenvalue weighted by Gasteiger charge is -2.24. The molecule has 0 bridgehead atoms. The van der Waals surface area contributed by atoms with E-state index >= 15 is 0 Å². The summed E-state index contributed by atoms with van der Waals surface area (Å²) >= 11 is 11.7. The number of benzene rings is 2. The molecule has 28 heavy (non-hydrogen) atoms. The van der Waals surface area contributed by atoms with Crippen molar-refractivity contribution in [2.24, 2.45) is 0 Å². The van der Waals surface area contributed by atoms with Crippen LogP contribution in [0.4, 0.5) is 4.39 Å². The molecule has 5 nitrogen and oxygen atoms in total. The van der Waals surface area contributed by atoms with Crippen molar-refractivity contribution in [3.8, 4) is 0 Å². The first-order valence-electron chi connectivity index (χ1n) is 8.65. The summed E-state index contributed by atoms with van der Waals surface area (Å²) in [5.41, 5.74) is 2.85. The van der Waals surface area contributed by atoms with Crippen LogP contribution in [-0.2, 0) is 24.4 Å². The number of carbonyl (C=O) groups is 1. The molecule has 2 aromatic carbocycles. The Morgan fingerprint density at radius 3 is 2.75 bits per heavy atom. The number of nitrogens with one attached hydrogen (secondary N) is 1. The molecular weight excluding hydrogens is 404 g/mol. The van der Waals surface area contributed by atoms with Crippen molar-refractivity contribution in [3.05, 3.63) is 86.9 Å². The van der Waals surface area contributed by atoms with Crippen LogP contribution in [0.15, 0.2) is 48.5 Å². The summed E-state index contributed by atoms with van der Waals surface area (Å²) in [6.45, 7) is 1.10. The smallest absolute Gasteiger partial charge is 0.272 e. The highest BCUT2D eigenvalue weighted by Gasteiger charge is 2.24. The largest absolute Gasteiger partial charge is 0.365 e. The molecule has 0 saturated carbocycles. The first-order valence-corrected chi connectivity index (χ1v) is 9.41. The predicted molar refractivity (Wildman–Crippen MR) is 104 cm³/mol. The van der Waals surface area contributed by atoms with E-state index in [2.05, 4.69) is 10.4 Å². The molecule has 1 unspecified atom stereocenters. The first-order chi connectivity index (χ1) is 13.5. The number of hydrogen-bond acceptors (Lipinski definition) is 3. The van der Waals surface area contributed by atoms with E-state index in [0.717, 1.165) is 11.3 Å². The lowest BCUT2D eigenvalue weighted by Crippen LogP contribution is -2.24. The molecule has 1 amide bonds. The van der Waals surface area contributed by atoms with Gasteiger partial charge in [-0.05, 0) is 41.5 Å². The Balaban J connectivity index is 1.42. The van der Waals surface area contributed by atoms with E-state index < -0.39 is 5.82 Å². The number of nitrogens with zero attached hydrogens (tertiary/aromatic N) is 2. The van der Waals surface area contributed by atoms with Crippen molar-refractivity contribution >= 4 is 29.1 Å². The van der Waals surface area contributed by atoms with E-state index in [1.165, 1.54) is 12.1 Å². The van der Waals surface area contributed by atoms with Crippen molar-refractivity contribution in [1.82, 2.24) is 15.1 Å². The zero-order valence-electron chi connectivity index (χ0n) is 14.7. The van der Waals surface area contributed by atoms with Gasteiger partial charge in [0.25, 0.3) is 5.91 Å². The second kappa shape index (κ2) is 7.91. The van der Waals surface area contributed by atoms with E-state index in [1.807, 2.05) is 24.3 Å². The predicted octanol–water partition coefficient (Wildman–Crippen LogP) is 4.53. The summed E-state index contributed by atoms with van der Waals surface area (Å²) in [5, 5.41) is 7.86. The fourth-order valence-electron chi connectivity index (χ4n) is 3.04. The van der Waals surface area contributed by atoms with Crippen molar-refractivity contribution in [2.45, 2.75) is 25.8 Å². The van der Waals surface area contributed by atoms with Crippen LogP contribution in [0.3, 0.4) is 0 Å². The Hall–Kier alpha value is -2.41. The van der Waals surface area contributed by atoms with Gasteiger partial charge in [-0.1, -0.05) is 41.4 Å². The molecule has 1 aromatic heterocycles. The Morgan fingerprint density at radius 2 is 2.00 bits per heavy atom. The highest BCUT2D eigenvalue weighted by Crippen LogP contribution is 2.27. The van der Waals surface area contributed by atoms with Gasteiger partial charge in [-0.2, -0.15) is 5.10 Å². The Kier molecular flexibility index (Phi) is 5.35. The highest BCUT2D eigenvalue weighted by atomic mass is 35.5. The zero-order chi connectivity index (χ0) is 19.7. The second-order valence-corrected chi connectivity index (χ2v) is 7.33. The summed E-state index contributed by atoms with van der Waals surface area (Å²) in [6, 6.07) is 13.5. The van der Waals surface area contributed by atoms with E-state index in [0.29, 0.717) is 29.4 Å². The van der Waals surface area contributed by atoms with Crippen LogP contribution in [0.5, 0.6) is 0 Å². The third kappa shape index (κ3) is 4.04. The summed E-state index contributed by atoms with van der Waals surface area (Å²) in [7, 11) is 0. The molecule has 0 spiro atoms. The number of carbonyl (C=O) groups excluding carboxylic acids is 1. The van der Waals surface area contributed by atoms with Gasteiger partial charge in [0.1, 0.15) is 11.9 Å².